The highest BCUT2D eigenvalue weighted by Gasteiger charge is 2.45. The predicted octanol–water partition coefficient (Wildman–Crippen LogP) is 2.58. The molecule has 5 heteroatoms. The van der Waals surface area contributed by atoms with Crippen LogP contribution in [0.4, 0.5) is 0 Å². The molecule has 0 saturated carbocycles. The minimum absolute atomic E-state index is 0.227. The zero-order valence-corrected chi connectivity index (χ0v) is 11.3. The van der Waals surface area contributed by atoms with Crippen molar-refractivity contribution in [2.24, 2.45) is 11.8 Å². The summed E-state index contributed by atoms with van der Waals surface area (Å²) in [5.41, 5.74) is 2.97. The van der Waals surface area contributed by atoms with E-state index in [2.05, 4.69) is 32.8 Å². The van der Waals surface area contributed by atoms with E-state index in [9.17, 15) is 0 Å². The highest BCUT2D eigenvalue weighted by Crippen LogP contribution is 2.46. The quantitative estimate of drug-likeness (QED) is 0.666. The molecule has 3 heterocycles. The largest absolute Gasteiger partial charge is 0.375 e. The number of rotatable bonds is 3. The van der Waals surface area contributed by atoms with Crippen LogP contribution in [0.3, 0.4) is 0 Å². The number of hydrogen-bond acceptors (Lipinski definition) is 4. The van der Waals surface area contributed by atoms with Crippen molar-refractivity contribution in [1.82, 2.24) is 5.43 Å². The second kappa shape index (κ2) is 4.38. The fourth-order valence-corrected chi connectivity index (χ4v) is 4.70. The first-order valence-electron chi connectivity index (χ1n) is 5.64. The first-order chi connectivity index (χ1) is 7.79. The Labute approximate surface area is 107 Å². The lowest BCUT2D eigenvalue weighted by molar-refractivity contribution is 0.0859. The van der Waals surface area contributed by atoms with Crippen LogP contribution >= 0.6 is 27.3 Å². The van der Waals surface area contributed by atoms with Crippen LogP contribution in [-0.2, 0) is 4.74 Å². The molecule has 1 aromatic heterocycles. The molecule has 4 atom stereocenters. The molecular weight excluding hydrogens is 288 g/mol. The van der Waals surface area contributed by atoms with Crippen LogP contribution in [0.25, 0.3) is 0 Å². The van der Waals surface area contributed by atoms with E-state index in [4.69, 9.17) is 10.6 Å². The number of ether oxygens (including phenoxy) is 1. The number of halogens is 1. The molecule has 88 valence electrons. The van der Waals surface area contributed by atoms with Gasteiger partial charge in [-0.3, -0.25) is 11.3 Å². The summed E-state index contributed by atoms with van der Waals surface area (Å²) in [6.07, 6.45) is 4.44. The molecule has 0 amide bonds. The Balaban J connectivity index is 1.84. The van der Waals surface area contributed by atoms with Crippen LogP contribution in [0.2, 0.25) is 0 Å². The Morgan fingerprint density at radius 3 is 2.94 bits per heavy atom. The monoisotopic (exact) mass is 302 g/mol. The van der Waals surface area contributed by atoms with Gasteiger partial charge in [-0.05, 0) is 46.6 Å². The summed E-state index contributed by atoms with van der Waals surface area (Å²) >= 11 is 5.33. The van der Waals surface area contributed by atoms with Crippen LogP contribution in [0.1, 0.15) is 30.2 Å². The summed E-state index contributed by atoms with van der Waals surface area (Å²) in [6, 6.07) is 2.31. The fourth-order valence-electron chi connectivity index (χ4n) is 2.95. The minimum atomic E-state index is 0.227. The van der Waals surface area contributed by atoms with Crippen molar-refractivity contribution < 1.29 is 4.74 Å². The van der Waals surface area contributed by atoms with Crippen molar-refractivity contribution in [3.8, 4) is 0 Å². The maximum absolute atomic E-state index is 5.90. The molecule has 1 aromatic rings. The van der Waals surface area contributed by atoms with Crippen LogP contribution in [0.15, 0.2) is 15.9 Å². The van der Waals surface area contributed by atoms with E-state index >= 15 is 0 Å². The number of nitrogens with two attached hydrogens (primary N) is 1. The van der Waals surface area contributed by atoms with Gasteiger partial charge >= 0.3 is 0 Å². The smallest absolute Gasteiger partial charge is 0.0628 e. The average molecular weight is 303 g/mol. The predicted molar refractivity (Wildman–Crippen MR) is 68.1 cm³/mol. The van der Waals surface area contributed by atoms with Gasteiger partial charge in [0.15, 0.2) is 0 Å². The van der Waals surface area contributed by atoms with Crippen LogP contribution in [-0.4, -0.2) is 12.2 Å². The van der Waals surface area contributed by atoms with Gasteiger partial charge in [0, 0.05) is 15.3 Å². The Kier molecular flexibility index (Phi) is 3.06. The number of nitrogens with one attached hydrogen (secondary N) is 1. The summed E-state index contributed by atoms with van der Waals surface area (Å²) in [7, 11) is 0. The van der Waals surface area contributed by atoms with Crippen molar-refractivity contribution in [3.05, 3.63) is 20.8 Å². The van der Waals surface area contributed by atoms with Crippen molar-refractivity contribution >= 4 is 27.3 Å². The Hall–Kier alpha value is 0.0600. The summed E-state index contributed by atoms with van der Waals surface area (Å²) in [5, 5.41) is 2.10. The molecule has 3 rings (SSSR count). The zero-order valence-electron chi connectivity index (χ0n) is 8.86. The molecule has 2 saturated heterocycles. The van der Waals surface area contributed by atoms with Gasteiger partial charge in [0.05, 0.1) is 18.2 Å². The fraction of sp³-hybridized carbons (Fsp3) is 0.636. The second-order valence-corrected chi connectivity index (χ2v) is 6.35. The maximum Gasteiger partial charge on any atom is 0.0628 e. The number of fused-ring (bicyclic) bond motifs is 2. The van der Waals surface area contributed by atoms with Gasteiger partial charge in [-0.15, -0.1) is 11.3 Å². The van der Waals surface area contributed by atoms with Gasteiger partial charge < -0.3 is 4.74 Å². The Morgan fingerprint density at radius 1 is 1.56 bits per heavy atom. The maximum atomic E-state index is 5.90. The molecule has 0 spiro atoms. The zero-order chi connectivity index (χ0) is 11.1. The molecule has 0 radical (unpaired) electrons. The van der Waals surface area contributed by atoms with Gasteiger partial charge in [-0.2, -0.15) is 0 Å². The summed E-state index contributed by atoms with van der Waals surface area (Å²) in [4.78, 5) is 1.30. The second-order valence-electron chi connectivity index (χ2n) is 4.55. The SMILES string of the molecule is NNC(c1sccc1Br)C1CC2CCC1O2. The van der Waals surface area contributed by atoms with Crippen molar-refractivity contribution in [2.45, 2.75) is 37.5 Å². The lowest BCUT2D eigenvalue weighted by Crippen LogP contribution is -2.37. The van der Waals surface area contributed by atoms with Crippen LogP contribution in [0.5, 0.6) is 0 Å². The number of hydrogen-bond donors (Lipinski definition) is 2. The third-order valence-corrected chi connectivity index (χ3v) is 5.64. The Bertz CT molecular complexity index is 384. The molecule has 4 unspecified atom stereocenters. The van der Waals surface area contributed by atoms with E-state index in [0.29, 0.717) is 18.1 Å². The van der Waals surface area contributed by atoms with E-state index in [1.807, 2.05) is 0 Å². The molecule has 0 aromatic carbocycles. The van der Waals surface area contributed by atoms with Gasteiger partial charge in [0.2, 0.25) is 0 Å². The van der Waals surface area contributed by atoms with Crippen LogP contribution in [0, 0.1) is 5.92 Å². The molecule has 2 fully saturated rings. The lowest BCUT2D eigenvalue weighted by atomic mass is 9.83. The Morgan fingerprint density at radius 2 is 2.44 bits per heavy atom. The normalized spacial score (nSPS) is 34.5. The molecular formula is C11H15BrN2OS. The molecule has 3 nitrogen and oxygen atoms in total. The average Bonchev–Trinajstić information content (AvgIpc) is 2.97. The summed E-state index contributed by atoms with van der Waals surface area (Å²) < 4.78 is 7.06. The van der Waals surface area contributed by atoms with Gasteiger partial charge in [-0.25, -0.2) is 0 Å². The third-order valence-electron chi connectivity index (χ3n) is 3.69. The molecule has 2 aliphatic rings. The van der Waals surface area contributed by atoms with Gasteiger partial charge in [0.1, 0.15) is 0 Å². The topological polar surface area (TPSA) is 47.3 Å². The van der Waals surface area contributed by atoms with E-state index in [0.717, 1.165) is 10.9 Å². The van der Waals surface area contributed by atoms with E-state index in [-0.39, 0.29) is 6.04 Å². The van der Waals surface area contributed by atoms with Gasteiger partial charge in [0.25, 0.3) is 0 Å². The third kappa shape index (κ3) is 1.75. The molecule has 16 heavy (non-hydrogen) atoms. The van der Waals surface area contributed by atoms with Gasteiger partial charge in [-0.1, -0.05) is 0 Å². The molecule has 3 N–H and O–H groups in total. The highest BCUT2D eigenvalue weighted by atomic mass is 79.9. The highest BCUT2D eigenvalue weighted by molar-refractivity contribution is 9.10. The summed E-state index contributed by atoms with van der Waals surface area (Å²) in [6.45, 7) is 0. The standard InChI is InChI=1S/C11H15BrN2OS/c12-8-3-4-16-11(8)10(14-13)7-5-6-1-2-9(7)15-6/h3-4,6-7,9-10,14H,1-2,5,13H2. The number of hydrazine groups is 1. The first-order valence-corrected chi connectivity index (χ1v) is 7.31. The minimum Gasteiger partial charge on any atom is -0.375 e. The molecule has 0 aliphatic carbocycles. The van der Waals surface area contributed by atoms with E-state index in [1.54, 1.807) is 11.3 Å². The van der Waals surface area contributed by atoms with Crippen molar-refractivity contribution in [1.29, 1.82) is 0 Å². The van der Waals surface area contributed by atoms with Crippen LogP contribution < -0.4 is 11.3 Å². The molecule has 2 bridgehead atoms. The number of thiophene rings is 1. The molecule has 2 aliphatic heterocycles. The van der Waals surface area contributed by atoms with Crippen molar-refractivity contribution in [2.75, 3.05) is 0 Å². The van der Waals surface area contributed by atoms with E-state index in [1.165, 1.54) is 17.7 Å². The van der Waals surface area contributed by atoms with E-state index < -0.39 is 0 Å². The summed E-state index contributed by atoms with van der Waals surface area (Å²) in [5.74, 6) is 6.25. The lowest BCUT2D eigenvalue weighted by Gasteiger charge is -2.27. The van der Waals surface area contributed by atoms with Crippen molar-refractivity contribution in [3.63, 3.8) is 0 Å². The first kappa shape index (κ1) is 11.2.